The summed E-state index contributed by atoms with van der Waals surface area (Å²) >= 11 is 8.87. The smallest absolute Gasteiger partial charge is 0.253 e. The highest BCUT2D eigenvalue weighted by molar-refractivity contribution is 9.10. The van der Waals surface area contributed by atoms with Gasteiger partial charge in [0.25, 0.3) is 5.36 Å². The lowest BCUT2D eigenvalue weighted by molar-refractivity contribution is 0.357. The Hall–Kier alpha value is -0.940. The molecule has 0 bridgehead atoms. The Balaban J connectivity index is 2.80. The second-order valence-electron chi connectivity index (χ2n) is 2.54. The number of nitrogens with zero attached hydrogens (tertiary/aromatic N) is 2. The number of hydrogen-bond acceptors (Lipinski definition) is 3. The Morgan fingerprint density at radius 1 is 1.54 bits per heavy atom. The van der Waals surface area contributed by atoms with E-state index < -0.39 is 0 Å². The zero-order valence-corrected chi connectivity index (χ0v) is 8.71. The van der Waals surface area contributed by atoms with Crippen molar-refractivity contribution in [2.24, 2.45) is 0 Å². The van der Waals surface area contributed by atoms with Crippen molar-refractivity contribution in [3.05, 3.63) is 38.5 Å². The highest BCUT2D eigenvalue weighted by Gasteiger charge is 2.08. The van der Waals surface area contributed by atoms with Crippen LogP contribution >= 0.6 is 27.7 Å². The lowest BCUT2D eigenvalue weighted by Gasteiger charge is -2.14. The molecule has 0 spiro atoms. The summed E-state index contributed by atoms with van der Waals surface area (Å²) < 4.78 is 1.94. The van der Waals surface area contributed by atoms with Crippen molar-refractivity contribution in [2.75, 3.05) is 0 Å². The molecule has 6 heteroatoms. The van der Waals surface area contributed by atoms with Crippen LogP contribution < -0.4 is 21.0 Å². The van der Waals surface area contributed by atoms with E-state index in [1.165, 1.54) is 0 Å². The van der Waals surface area contributed by atoms with Gasteiger partial charge in [0.2, 0.25) is 0 Å². The zero-order chi connectivity index (χ0) is 9.42. The van der Waals surface area contributed by atoms with Gasteiger partial charge in [-0.05, 0) is 12.1 Å². The van der Waals surface area contributed by atoms with Crippen LogP contribution in [-0.4, -0.2) is 4.53 Å². The summed E-state index contributed by atoms with van der Waals surface area (Å²) in [5.41, 5.74) is 2.36. The van der Waals surface area contributed by atoms with E-state index >= 15 is 0 Å². The summed E-state index contributed by atoms with van der Waals surface area (Å²) in [6.07, 6.45) is 1.62. The number of fused-ring (bicyclic) bond motifs is 1. The normalized spacial score (nSPS) is 14.6. The minimum Gasteiger partial charge on any atom is -0.594 e. The minimum atomic E-state index is 0.534. The molecule has 0 aromatic heterocycles. The molecule has 68 valence electrons. The fourth-order valence-corrected chi connectivity index (χ4v) is 1.62. The van der Waals surface area contributed by atoms with Gasteiger partial charge in [-0.2, -0.15) is 4.53 Å². The van der Waals surface area contributed by atoms with Gasteiger partial charge in [-0.15, -0.1) is 0 Å². The maximum absolute atomic E-state index is 11.3. The van der Waals surface area contributed by atoms with E-state index in [0.717, 1.165) is 14.2 Å². The molecule has 1 aromatic carbocycles. The SMILES string of the molecule is [O-][N+]1=c2cc(Br)ccc2=CN(Cl)N1. The van der Waals surface area contributed by atoms with Gasteiger partial charge < -0.3 is 5.21 Å². The number of nitrogens with one attached hydrogen (secondary N) is 1. The van der Waals surface area contributed by atoms with Crippen LogP contribution in [0.4, 0.5) is 0 Å². The molecule has 2 rings (SSSR count). The lowest BCUT2D eigenvalue weighted by Crippen LogP contribution is -2.52. The Kier molecular flexibility index (Phi) is 2.05. The van der Waals surface area contributed by atoms with Crippen molar-refractivity contribution < 1.29 is 0 Å². The summed E-state index contributed by atoms with van der Waals surface area (Å²) in [7, 11) is 0. The van der Waals surface area contributed by atoms with E-state index in [-0.39, 0.29) is 0 Å². The highest BCUT2D eigenvalue weighted by Crippen LogP contribution is 2.02. The second-order valence-corrected chi connectivity index (χ2v) is 3.82. The molecular weight excluding hydrogens is 257 g/mol. The van der Waals surface area contributed by atoms with Gasteiger partial charge in [0.1, 0.15) is 0 Å². The molecule has 1 N–H and O–H groups in total. The molecular formula is C7H5BrClN3O. The second kappa shape index (κ2) is 3.08. The van der Waals surface area contributed by atoms with Crippen molar-refractivity contribution in [1.82, 2.24) is 14.9 Å². The third kappa shape index (κ3) is 1.57. The molecule has 0 aliphatic carbocycles. The molecule has 4 nitrogen and oxygen atoms in total. The molecule has 0 fully saturated rings. The monoisotopic (exact) mass is 261 g/mol. The summed E-state index contributed by atoms with van der Waals surface area (Å²) in [6, 6.07) is 5.37. The molecule has 0 unspecified atom stereocenters. The van der Waals surface area contributed by atoms with Gasteiger partial charge in [0.05, 0.1) is 11.4 Å². The number of benzene rings is 1. The fraction of sp³-hybridized carbons (Fsp3) is 0. The first-order chi connectivity index (χ1) is 6.16. The van der Waals surface area contributed by atoms with E-state index in [1.807, 2.05) is 6.07 Å². The van der Waals surface area contributed by atoms with Crippen LogP contribution in [0.2, 0.25) is 0 Å². The topological polar surface area (TPSA) is 41.3 Å². The van der Waals surface area contributed by atoms with E-state index in [2.05, 4.69) is 21.5 Å². The summed E-state index contributed by atoms with van der Waals surface area (Å²) in [4.78, 5) is 0.604. The Morgan fingerprint density at radius 2 is 2.31 bits per heavy atom. The van der Waals surface area contributed by atoms with Crippen LogP contribution in [-0.2, 0) is 0 Å². The van der Waals surface area contributed by atoms with Crippen LogP contribution in [0.3, 0.4) is 0 Å². The fourth-order valence-electron chi connectivity index (χ4n) is 1.09. The molecule has 0 saturated heterocycles. The van der Waals surface area contributed by atoms with Crippen LogP contribution in [0.15, 0.2) is 22.7 Å². The van der Waals surface area contributed by atoms with E-state index in [9.17, 15) is 5.21 Å². The van der Waals surface area contributed by atoms with Crippen LogP contribution in [0, 0.1) is 5.21 Å². The largest absolute Gasteiger partial charge is 0.594 e. The van der Waals surface area contributed by atoms with Crippen molar-refractivity contribution in [3.63, 3.8) is 0 Å². The van der Waals surface area contributed by atoms with Crippen molar-refractivity contribution in [2.45, 2.75) is 0 Å². The first kappa shape index (κ1) is 8.65. The molecule has 0 radical (unpaired) electrons. The Bertz CT molecular complexity index is 461. The molecule has 1 aromatic rings. The Morgan fingerprint density at radius 3 is 3.08 bits per heavy atom. The third-order valence-corrected chi connectivity index (χ3v) is 2.32. The van der Waals surface area contributed by atoms with Crippen molar-refractivity contribution in [3.8, 4) is 0 Å². The number of halogens is 2. The van der Waals surface area contributed by atoms with Gasteiger partial charge >= 0.3 is 0 Å². The van der Waals surface area contributed by atoms with Crippen molar-refractivity contribution in [1.29, 1.82) is 0 Å². The third-order valence-electron chi connectivity index (χ3n) is 1.65. The minimum absolute atomic E-state index is 0.534. The first-order valence-corrected chi connectivity index (χ1v) is 4.63. The van der Waals surface area contributed by atoms with Gasteiger partial charge in [0, 0.05) is 22.3 Å². The summed E-state index contributed by atoms with van der Waals surface area (Å²) in [5, 5.41) is 12.6. The Labute approximate surface area is 87.5 Å². The maximum atomic E-state index is 11.3. The lowest BCUT2D eigenvalue weighted by atomic mass is 10.3. The molecule has 13 heavy (non-hydrogen) atoms. The van der Waals surface area contributed by atoms with E-state index in [0.29, 0.717) is 10.2 Å². The molecule has 0 atom stereocenters. The molecule has 1 aliphatic rings. The van der Waals surface area contributed by atoms with Crippen molar-refractivity contribution >= 4 is 33.9 Å². The summed E-state index contributed by atoms with van der Waals surface area (Å²) in [5.74, 6) is 0. The first-order valence-electron chi connectivity index (χ1n) is 3.50. The molecule has 0 saturated carbocycles. The average molecular weight is 262 g/mol. The zero-order valence-electron chi connectivity index (χ0n) is 6.37. The quantitative estimate of drug-likeness (QED) is 0.409. The summed E-state index contributed by atoms with van der Waals surface area (Å²) in [6.45, 7) is 0. The van der Waals surface area contributed by atoms with Crippen LogP contribution in [0.1, 0.15) is 0 Å². The standard InChI is InChI=1S/C7H5BrClN3O/c8-6-2-1-5-4-11(9)10-12(13)7(5)3-6/h1-4,10H. The molecule has 1 heterocycles. The maximum Gasteiger partial charge on any atom is 0.253 e. The van der Waals surface area contributed by atoms with Gasteiger partial charge in [0.15, 0.2) is 0 Å². The van der Waals surface area contributed by atoms with Gasteiger partial charge in [-0.3, -0.25) is 0 Å². The van der Waals surface area contributed by atoms with Crippen LogP contribution in [0.5, 0.6) is 0 Å². The highest BCUT2D eigenvalue weighted by atomic mass is 79.9. The predicted molar refractivity (Wildman–Crippen MR) is 53.3 cm³/mol. The van der Waals surface area contributed by atoms with E-state index in [1.54, 1.807) is 18.3 Å². The van der Waals surface area contributed by atoms with Gasteiger partial charge in [-0.25, -0.2) is 0 Å². The number of hydrogen-bond donors (Lipinski definition) is 1. The van der Waals surface area contributed by atoms with E-state index in [4.69, 9.17) is 11.8 Å². The predicted octanol–water partition coefficient (Wildman–Crippen LogP) is 0.0650. The number of hydrazine groups is 2. The van der Waals surface area contributed by atoms with Crippen LogP contribution in [0.25, 0.3) is 6.20 Å². The van der Waals surface area contributed by atoms with Gasteiger partial charge in [-0.1, -0.05) is 26.3 Å². The average Bonchev–Trinajstić information content (AvgIpc) is 2.06. The molecule has 1 aliphatic heterocycles. The molecule has 0 amide bonds. The number of rotatable bonds is 0.